The van der Waals surface area contributed by atoms with Crippen LogP contribution in [0.15, 0.2) is 72.3 Å². The van der Waals surface area contributed by atoms with Gasteiger partial charge >= 0.3 is 6.09 Å². The quantitative estimate of drug-likeness (QED) is 0.669. The number of amides is 2. The number of hydrogen-bond acceptors (Lipinski definition) is 5. The van der Waals surface area contributed by atoms with Crippen molar-refractivity contribution in [1.29, 1.82) is 0 Å². The lowest BCUT2D eigenvalue weighted by Gasteiger charge is -2.32. The zero-order valence-electron chi connectivity index (χ0n) is 18.3. The van der Waals surface area contributed by atoms with Gasteiger partial charge in [0.1, 0.15) is 11.0 Å². The Morgan fingerprint density at radius 3 is 2.25 bits per heavy atom. The lowest BCUT2D eigenvalue weighted by molar-refractivity contribution is -0.122. The SMILES string of the molecule is Cc1ccc(C2(C3=CC(=O)C=CC3=O)C(=O)N(C(=O)OC(C)(C)C)c3ccccc32)cc1. The van der Waals surface area contributed by atoms with E-state index >= 15 is 0 Å². The summed E-state index contributed by atoms with van der Waals surface area (Å²) in [5.74, 6) is -1.51. The number of anilines is 1. The molecule has 2 aromatic rings. The molecular weight excluding hydrogens is 406 g/mol. The van der Waals surface area contributed by atoms with Crippen LogP contribution in [0.3, 0.4) is 0 Å². The largest absolute Gasteiger partial charge is 0.443 e. The minimum absolute atomic E-state index is 0.0114. The first kappa shape index (κ1) is 21.4. The predicted octanol–water partition coefficient (Wildman–Crippen LogP) is 4.20. The molecular formula is C26H23NO5. The van der Waals surface area contributed by atoms with Gasteiger partial charge in [-0.2, -0.15) is 0 Å². The Kier molecular flexibility index (Phi) is 4.96. The average Bonchev–Trinajstić information content (AvgIpc) is 2.98. The Labute approximate surface area is 186 Å². The zero-order chi connectivity index (χ0) is 23.3. The average molecular weight is 429 g/mol. The Morgan fingerprint density at radius 2 is 1.59 bits per heavy atom. The number of hydrogen-bond donors (Lipinski definition) is 0. The van der Waals surface area contributed by atoms with Crippen LogP contribution in [-0.4, -0.2) is 29.2 Å². The second kappa shape index (κ2) is 7.41. The molecule has 2 amide bonds. The second-order valence-electron chi connectivity index (χ2n) is 8.91. The lowest BCUT2D eigenvalue weighted by atomic mass is 9.67. The third kappa shape index (κ3) is 3.28. The van der Waals surface area contributed by atoms with E-state index in [1.807, 2.05) is 19.1 Å². The van der Waals surface area contributed by atoms with Crippen molar-refractivity contribution in [3.63, 3.8) is 0 Å². The van der Waals surface area contributed by atoms with Gasteiger partial charge in [-0.3, -0.25) is 14.4 Å². The summed E-state index contributed by atoms with van der Waals surface area (Å²) in [6.07, 6.45) is 2.69. The number of imide groups is 1. The van der Waals surface area contributed by atoms with Crippen LogP contribution < -0.4 is 4.90 Å². The monoisotopic (exact) mass is 429 g/mol. The molecule has 0 radical (unpaired) electrons. The molecule has 2 aromatic carbocycles. The van der Waals surface area contributed by atoms with E-state index in [1.165, 1.54) is 18.2 Å². The summed E-state index contributed by atoms with van der Waals surface area (Å²) in [6, 6.07) is 13.9. The molecule has 6 heteroatoms. The van der Waals surface area contributed by atoms with Gasteiger partial charge in [0.25, 0.3) is 5.91 Å². The fraction of sp³-hybridized carbons (Fsp3) is 0.231. The maximum atomic E-state index is 14.1. The highest BCUT2D eigenvalue weighted by Gasteiger charge is 2.58. The molecule has 2 aliphatic rings. The van der Waals surface area contributed by atoms with Gasteiger partial charge in [0.15, 0.2) is 11.6 Å². The number of rotatable bonds is 2. The van der Waals surface area contributed by atoms with Gasteiger partial charge in [0, 0.05) is 11.1 Å². The normalized spacial score (nSPS) is 20.3. The number of para-hydroxylation sites is 1. The predicted molar refractivity (Wildman–Crippen MR) is 119 cm³/mol. The van der Waals surface area contributed by atoms with Crippen LogP contribution in [0, 0.1) is 6.92 Å². The number of ether oxygens (including phenoxy) is 1. The van der Waals surface area contributed by atoms with E-state index in [0.29, 0.717) is 16.8 Å². The minimum Gasteiger partial charge on any atom is -0.443 e. The first-order valence-corrected chi connectivity index (χ1v) is 10.3. The highest BCUT2D eigenvalue weighted by Crippen LogP contribution is 2.51. The van der Waals surface area contributed by atoms with Crippen LogP contribution in [0.4, 0.5) is 10.5 Å². The molecule has 4 rings (SSSR count). The number of ketones is 2. The van der Waals surface area contributed by atoms with E-state index in [2.05, 4.69) is 0 Å². The van der Waals surface area contributed by atoms with Crippen molar-refractivity contribution in [2.45, 2.75) is 38.7 Å². The van der Waals surface area contributed by atoms with Crippen LogP contribution in [0.1, 0.15) is 37.5 Å². The highest BCUT2D eigenvalue weighted by atomic mass is 16.6. The lowest BCUT2D eigenvalue weighted by Crippen LogP contribution is -2.48. The van der Waals surface area contributed by atoms with Crippen LogP contribution in [0.2, 0.25) is 0 Å². The van der Waals surface area contributed by atoms with Gasteiger partial charge in [-0.25, -0.2) is 9.69 Å². The molecule has 1 heterocycles. The number of allylic oxidation sites excluding steroid dienone is 3. The van der Waals surface area contributed by atoms with E-state index in [0.717, 1.165) is 10.5 Å². The second-order valence-corrected chi connectivity index (χ2v) is 8.91. The Morgan fingerprint density at radius 1 is 0.938 bits per heavy atom. The van der Waals surface area contributed by atoms with Gasteiger partial charge in [0.2, 0.25) is 0 Å². The molecule has 6 nitrogen and oxygen atoms in total. The van der Waals surface area contributed by atoms with E-state index in [-0.39, 0.29) is 5.57 Å². The molecule has 0 N–H and O–H groups in total. The van der Waals surface area contributed by atoms with Crippen LogP contribution in [-0.2, 0) is 24.5 Å². The van der Waals surface area contributed by atoms with Crippen molar-refractivity contribution in [3.05, 3.63) is 89.0 Å². The Balaban J connectivity index is 2.03. The maximum absolute atomic E-state index is 14.1. The molecule has 0 saturated carbocycles. The number of nitrogens with zero attached hydrogens (tertiary/aromatic N) is 1. The summed E-state index contributed by atoms with van der Waals surface area (Å²) in [6.45, 7) is 7.04. The summed E-state index contributed by atoms with van der Waals surface area (Å²) >= 11 is 0. The Hall–Kier alpha value is -3.80. The van der Waals surface area contributed by atoms with E-state index in [1.54, 1.807) is 57.2 Å². The van der Waals surface area contributed by atoms with E-state index < -0.39 is 34.6 Å². The van der Waals surface area contributed by atoms with Crippen LogP contribution in [0.25, 0.3) is 0 Å². The molecule has 0 saturated heterocycles. The van der Waals surface area contributed by atoms with Gasteiger partial charge in [0.05, 0.1) is 5.69 Å². The molecule has 1 aliphatic heterocycles. The zero-order valence-corrected chi connectivity index (χ0v) is 18.3. The van der Waals surface area contributed by atoms with Crippen molar-refractivity contribution >= 4 is 29.3 Å². The van der Waals surface area contributed by atoms with Crippen LogP contribution in [0.5, 0.6) is 0 Å². The molecule has 0 bridgehead atoms. The first-order chi connectivity index (χ1) is 15.1. The van der Waals surface area contributed by atoms with Crippen molar-refractivity contribution in [2.24, 2.45) is 0 Å². The molecule has 0 fully saturated rings. The van der Waals surface area contributed by atoms with E-state index in [9.17, 15) is 19.2 Å². The van der Waals surface area contributed by atoms with Gasteiger partial charge < -0.3 is 4.74 Å². The fourth-order valence-corrected chi connectivity index (χ4v) is 4.17. The smallest absolute Gasteiger partial charge is 0.421 e. The molecule has 0 aromatic heterocycles. The molecule has 1 aliphatic carbocycles. The molecule has 0 spiro atoms. The number of benzene rings is 2. The van der Waals surface area contributed by atoms with Crippen molar-refractivity contribution in [1.82, 2.24) is 0 Å². The topological polar surface area (TPSA) is 80.8 Å². The molecule has 162 valence electrons. The summed E-state index contributed by atoms with van der Waals surface area (Å²) in [5.41, 5.74) is -0.248. The summed E-state index contributed by atoms with van der Waals surface area (Å²) in [4.78, 5) is 53.6. The highest BCUT2D eigenvalue weighted by molar-refractivity contribution is 6.30. The Bertz CT molecular complexity index is 1210. The van der Waals surface area contributed by atoms with Gasteiger partial charge in [-0.1, -0.05) is 48.0 Å². The molecule has 1 atom stereocenters. The number of fused-ring (bicyclic) bond motifs is 1. The standard InChI is InChI=1S/C26H23NO5/c1-16-9-11-17(12-10-16)26(20-15-18(28)13-14-22(20)29)19-7-5-6-8-21(19)27(23(26)30)24(31)32-25(2,3)4/h5-15H,1-4H3. The maximum Gasteiger partial charge on any atom is 0.421 e. The summed E-state index contributed by atoms with van der Waals surface area (Å²) in [7, 11) is 0. The number of carbonyl (C=O) groups excluding carboxylic acids is 4. The minimum atomic E-state index is -1.65. The third-order valence-electron chi connectivity index (χ3n) is 5.49. The molecule has 32 heavy (non-hydrogen) atoms. The summed E-state index contributed by atoms with van der Waals surface area (Å²) in [5, 5.41) is 0. The summed E-state index contributed by atoms with van der Waals surface area (Å²) < 4.78 is 5.51. The third-order valence-corrected chi connectivity index (χ3v) is 5.49. The number of carbonyl (C=O) groups is 4. The van der Waals surface area contributed by atoms with Crippen molar-refractivity contribution < 1.29 is 23.9 Å². The van der Waals surface area contributed by atoms with Crippen LogP contribution >= 0.6 is 0 Å². The fourth-order valence-electron chi connectivity index (χ4n) is 4.17. The van der Waals surface area contributed by atoms with Gasteiger partial charge in [-0.15, -0.1) is 0 Å². The number of aryl methyl sites for hydroxylation is 1. The van der Waals surface area contributed by atoms with E-state index in [4.69, 9.17) is 4.74 Å². The first-order valence-electron chi connectivity index (χ1n) is 10.3. The van der Waals surface area contributed by atoms with Gasteiger partial charge in [-0.05, 0) is 57.6 Å². The van der Waals surface area contributed by atoms with Crippen molar-refractivity contribution in [2.75, 3.05) is 4.90 Å². The van der Waals surface area contributed by atoms with Crippen molar-refractivity contribution in [3.8, 4) is 0 Å². The molecule has 1 unspecified atom stereocenters.